The fourth-order valence-electron chi connectivity index (χ4n) is 1.34. The minimum absolute atomic E-state index is 0.198. The summed E-state index contributed by atoms with van der Waals surface area (Å²) in [5.41, 5.74) is 8.24. The number of aromatic nitrogens is 2. The highest BCUT2D eigenvalue weighted by Crippen LogP contribution is 2.11. The van der Waals surface area contributed by atoms with Crippen LogP contribution in [0.3, 0.4) is 0 Å². The Bertz CT molecular complexity index is 474. The molecule has 2 rings (SSSR count). The summed E-state index contributed by atoms with van der Waals surface area (Å²) in [6.45, 7) is 0. The molecule has 0 saturated heterocycles. The van der Waals surface area contributed by atoms with Crippen LogP contribution in [0.25, 0.3) is 11.0 Å². The van der Waals surface area contributed by atoms with E-state index in [9.17, 15) is 0 Å². The van der Waals surface area contributed by atoms with E-state index in [1.807, 2.05) is 18.2 Å². The lowest BCUT2D eigenvalue weighted by Crippen LogP contribution is -2.14. The molecule has 2 aromatic rings. The number of imidazole rings is 1. The number of amidine groups is 1. The number of nitrogens with one attached hydrogen (secondary N) is 1. The zero-order valence-electron chi connectivity index (χ0n) is 7.44. The summed E-state index contributed by atoms with van der Waals surface area (Å²) in [4.78, 5) is 7.09. The lowest BCUT2D eigenvalue weighted by atomic mass is 10.1. The van der Waals surface area contributed by atoms with Crippen LogP contribution in [0.15, 0.2) is 29.7 Å². The van der Waals surface area contributed by atoms with Crippen LogP contribution in [-0.4, -0.2) is 21.0 Å². The second-order valence-electron chi connectivity index (χ2n) is 3.02. The lowest BCUT2D eigenvalue weighted by Gasteiger charge is -1.98. The number of nitrogens with two attached hydrogens (primary N) is 1. The van der Waals surface area contributed by atoms with Gasteiger partial charge in [-0.3, -0.25) is 0 Å². The van der Waals surface area contributed by atoms with Crippen molar-refractivity contribution < 1.29 is 5.21 Å². The summed E-state index contributed by atoms with van der Waals surface area (Å²) < 4.78 is 0. The zero-order chi connectivity index (χ0) is 9.97. The van der Waals surface area contributed by atoms with Gasteiger partial charge in [-0.1, -0.05) is 11.2 Å². The van der Waals surface area contributed by atoms with E-state index < -0.39 is 0 Å². The maximum Gasteiger partial charge on any atom is 0.143 e. The molecule has 0 saturated carbocycles. The number of fused-ring (bicyclic) bond motifs is 1. The molecule has 5 heteroatoms. The van der Waals surface area contributed by atoms with E-state index in [1.54, 1.807) is 6.33 Å². The van der Waals surface area contributed by atoms with Gasteiger partial charge in [0.1, 0.15) is 5.84 Å². The second kappa shape index (κ2) is 3.37. The lowest BCUT2D eigenvalue weighted by molar-refractivity contribution is 0.317. The quantitative estimate of drug-likeness (QED) is 0.284. The molecular formula is C9H10N4O. The van der Waals surface area contributed by atoms with Gasteiger partial charge < -0.3 is 15.9 Å². The van der Waals surface area contributed by atoms with E-state index in [4.69, 9.17) is 10.9 Å². The number of nitrogens with zero attached hydrogens (tertiary/aromatic N) is 2. The minimum atomic E-state index is 0.198. The van der Waals surface area contributed by atoms with Crippen molar-refractivity contribution in [2.45, 2.75) is 6.42 Å². The molecule has 14 heavy (non-hydrogen) atoms. The van der Waals surface area contributed by atoms with Gasteiger partial charge in [-0.05, 0) is 17.7 Å². The molecule has 4 N–H and O–H groups in total. The Morgan fingerprint density at radius 1 is 1.57 bits per heavy atom. The van der Waals surface area contributed by atoms with Gasteiger partial charge in [-0.25, -0.2) is 4.98 Å². The molecule has 5 nitrogen and oxygen atoms in total. The number of aromatic amines is 1. The maximum absolute atomic E-state index is 8.41. The van der Waals surface area contributed by atoms with Crippen molar-refractivity contribution in [1.29, 1.82) is 0 Å². The van der Waals surface area contributed by atoms with E-state index in [1.165, 1.54) is 0 Å². The molecular weight excluding hydrogens is 180 g/mol. The fraction of sp³-hybridized carbons (Fsp3) is 0.111. The first-order valence-corrected chi connectivity index (χ1v) is 4.18. The van der Waals surface area contributed by atoms with Crippen LogP contribution < -0.4 is 5.73 Å². The van der Waals surface area contributed by atoms with Gasteiger partial charge in [0.25, 0.3) is 0 Å². The largest absolute Gasteiger partial charge is 0.409 e. The van der Waals surface area contributed by atoms with Crippen LogP contribution in [-0.2, 0) is 6.42 Å². The van der Waals surface area contributed by atoms with Gasteiger partial charge in [0, 0.05) is 6.42 Å². The Labute approximate surface area is 80.3 Å². The molecule has 0 radical (unpaired) electrons. The Morgan fingerprint density at radius 2 is 2.43 bits per heavy atom. The van der Waals surface area contributed by atoms with Crippen LogP contribution in [0, 0.1) is 0 Å². The summed E-state index contributed by atoms with van der Waals surface area (Å²) >= 11 is 0. The van der Waals surface area contributed by atoms with E-state index in [2.05, 4.69) is 15.1 Å². The van der Waals surface area contributed by atoms with Crippen molar-refractivity contribution in [2.75, 3.05) is 0 Å². The van der Waals surface area contributed by atoms with Crippen LogP contribution in [0.1, 0.15) is 5.56 Å². The number of benzene rings is 1. The number of rotatable bonds is 2. The topological polar surface area (TPSA) is 87.3 Å². The molecule has 0 aliphatic rings. The molecule has 0 aliphatic heterocycles. The third kappa shape index (κ3) is 1.52. The standard InChI is InChI=1S/C9H10N4O/c10-9(13-14)4-6-1-2-7-8(3-6)12-5-11-7/h1-3,5,14H,4H2,(H2,10,13)(H,11,12). The molecule has 1 aromatic carbocycles. The first kappa shape index (κ1) is 8.55. The molecule has 72 valence electrons. The summed E-state index contributed by atoms with van der Waals surface area (Å²) in [6, 6.07) is 5.73. The van der Waals surface area contributed by atoms with Crippen molar-refractivity contribution in [1.82, 2.24) is 9.97 Å². The minimum Gasteiger partial charge on any atom is -0.409 e. The third-order valence-electron chi connectivity index (χ3n) is 2.00. The first-order valence-electron chi connectivity index (χ1n) is 4.18. The van der Waals surface area contributed by atoms with Crippen molar-refractivity contribution in [3.05, 3.63) is 30.1 Å². The van der Waals surface area contributed by atoms with Gasteiger partial charge in [0.15, 0.2) is 0 Å². The molecule has 0 atom stereocenters. The van der Waals surface area contributed by atoms with Crippen LogP contribution in [0.5, 0.6) is 0 Å². The fourth-order valence-corrected chi connectivity index (χ4v) is 1.34. The van der Waals surface area contributed by atoms with Crippen LogP contribution in [0.4, 0.5) is 0 Å². The van der Waals surface area contributed by atoms with E-state index in [0.717, 1.165) is 16.6 Å². The smallest absolute Gasteiger partial charge is 0.143 e. The molecule has 0 amide bonds. The van der Waals surface area contributed by atoms with Crippen molar-refractivity contribution in [3.8, 4) is 0 Å². The third-order valence-corrected chi connectivity index (χ3v) is 2.00. The van der Waals surface area contributed by atoms with Gasteiger partial charge in [-0.2, -0.15) is 0 Å². The summed E-state index contributed by atoms with van der Waals surface area (Å²) in [7, 11) is 0. The van der Waals surface area contributed by atoms with Crippen molar-refractivity contribution in [2.24, 2.45) is 10.9 Å². The van der Waals surface area contributed by atoms with Gasteiger partial charge >= 0.3 is 0 Å². The number of oxime groups is 1. The van der Waals surface area contributed by atoms with Crippen LogP contribution in [0.2, 0.25) is 0 Å². The Morgan fingerprint density at radius 3 is 3.21 bits per heavy atom. The molecule has 1 aromatic heterocycles. The predicted octanol–water partition coefficient (Wildman–Crippen LogP) is 0.852. The number of H-pyrrole nitrogens is 1. The van der Waals surface area contributed by atoms with Crippen LogP contribution >= 0.6 is 0 Å². The molecule has 0 fully saturated rings. The highest BCUT2D eigenvalue weighted by Gasteiger charge is 2.00. The second-order valence-corrected chi connectivity index (χ2v) is 3.02. The van der Waals surface area contributed by atoms with Crippen molar-refractivity contribution >= 4 is 16.9 Å². The Hall–Kier alpha value is -2.04. The summed E-state index contributed by atoms with van der Waals surface area (Å²) in [6.07, 6.45) is 2.07. The van der Waals surface area contributed by atoms with E-state index in [-0.39, 0.29) is 5.84 Å². The van der Waals surface area contributed by atoms with Gasteiger partial charge in [0.2, 0.25) is 0 Å². The number of hydrogen-bond donors (Lipinski definition) is 3. The molecule has 0 spiro atoms. The SMILES string of the molecule is N/C(Cc1ccc2nc[nH]c2c1)=N\O. The average molecular weight is 190 g/mol. The van der Waals surface area contributed by atoms with Gasteiger partial charge in [-0.15, -0.1) is 0 Å². The zero-order valence-corrected chi connectivity index (χ0v) is 7.44. The predicted molar refractivity (Wildman–Crippen MR) is 53.2 cm³/mol. The normalized spacial score (nSPS) is 12.1. The monoisotopic (exact) mass is 190 g/mol. The highest BCUT2D eigenvalue weighted by atomic mass is 16.4. The van der Waals surface area contributed by atoms with E-state index >= 15 is 0 Å². The number of hydrogen-bond acceptors (Lipinski definition) is 3. The highest BCUT2D eigenvalue weighted by molar-refractivity contribution is 5.83. The van der Waals surface area contributed by atoms with Crippen molar-refractivity contribution in [3.63, 3.8) is 0 Å². The average Bonchev–Trinajstić information content (AvgIpc) is 2.64. The van der Waals surface area contributed by atoms with E-state index in [0.29, 0.717) is 6.42 Å². The first-order chi connectivity index (χ1) is 6.79. The maximum atomic E-state index is 8.41. The van der Waals surface area contributed by atoms with Gasteiger partial charge in [0.05, 0.1) is 17.4 Å². The Kier molecular flexibility index (Phi) is 2.06. The summed E-state index contributed by atoms with van der Waals surface area (Å²) in [5.74, 6) is 0.198. The molecule has 0 bridgehead atoms. The molecule has 1 heterocycles. The molecule has 0 aliphatic carbocycles. The summed E-state index contributed by atoms with van der Waals surface area (Å²) in [5, 5.41) is 11.3. The molecule has 0 unspecified atom stereocenters. The Balaban J connectivity index is 2.34.